The molecule has 0 spiro atoms. The molecule has 1 aromatic rings. The number of amides is 2. The van der Waals surface area contributed by atoms with Crippen LogP contribution in [0, 0.1) is 5.92 Å². The predicted molar refractivity (Wildman–Crippen MR) is 72.2 cm³/mol. The van der Waals surface area contributed by atoms with Crippen molar-refractivity contribution in [2.45, 2.75) is 26.4 Å². The fourth-order valence-corrected chi connectivity index (χ4v) is 1.52. The van der Waals surface area contributed by atoms with E-state index in [1.54, 1.807) is 0 Å². The molecule has 104 valence electrons. The third kappa shape index (κ3) is 7.08. The predicted octanol–water partition coefficient (Wildman–Crippen LogP) is 1.81. The van der Waals surface area contributed by atoms with Crippen LogP contribution in [0.4, 0.5) is 4.79 Å². The first-order valence-corrected chi connectivity index (χ1v) is 6.30. The van der Waals surface area contributed by atoms with Crippen molar-refractivity contribution in [3.8, 4) is 0 Å². The average Bonchev–Trinajstić information content (AvgIpc) is 2.41. The Balaban J connectivity index is 2.16. The minimum absolute atomic E-state index is 0.191. The monoisotopic (exact) mass is 264 g/mol. The van der Waals surface area contributed by atoms with E-state index in [2.05, 4.69) is 5.32 Å². The summed E-state index contributed by atoms with van der Waals surface area (Å²) in [5.41, 5.74) is 6.00. The summed E-state index contributed by atoms with van der Waals surface area (Å²) in [4.78, 5) is 22.0. The van der Waals surface area contributed by atoms with E-state index in [0.29, 0.717) is 19.4 Å². The van der Waals surface area contributed by atoms with Gasteiger partial charge in [0.25, 0.3) is 0 Å². The SMILES string of the molecule is C[C@@H](CCC(N)=O)CNC(=O)OCc1ccccc1. The lowest BCUT2D eigenvalue weighted by molar-refractivity contribution is -0.118. The summed E-state index contributed by atoms with van der Waals surface area (Å²) in [5.74, 6) is -0.129. The van der Waals surface area contributed by atoms with Crippen LogP contribution in [-0.2, 0) is 16.1 Å². The molecule has 0 heterocycles. The zero-order chi connectivity index (χ0) is 14.1. The number of alkyl carbamates (subject to hydrolysis) is 1. The standard InChI is InChI=1S/C14H20N2O3/c1-11(7-8-13(15)17)9-16-14(18)19-10-12-5-3-2-4-6-12/h2-6,11H,7-10H2,1H3,(H2,15,17)(H,16,18)/t11-/m0/s1. The van der Waals surface area contributed by atoms with Crippen LogP contribution in [0.25, 0.3) is 0 Å². The van der Waals surface area contributed by atoms with E-state index in [9.17, 15) is 9.59 Å². The van der Waals surface area contributed by atoms with E-state index in [0.717, 1.165) is 5.56 Å². The second kappa shape index (κ2) is 8.13. The smallest absolute Gasteiger partial charge is 0.407 e. The third-order valence-corrected chi connectivity index (χ3v) is 2.69. The van der Waals surface area contributed by atoms with Crippen LogP contribution >= 0.6 is 0 Å². The topological polar surface area (TPSA) is 81.4 Å². The number of hydrogen-bond donors (Lipinski definition) is 2. The van der Waals surface area contributed by atoms with Gasteiger partial charge in [0, 0.05) is 13.0 Å². The van der Waals surface area contributed by atoms with Crippen molar-refractivity contribution in [2.24, 2.45) is 11.7 Å². The van der Waals surface area contributed by atoms with Gasteiger partial charge in [0.15, 0.2) is 0 Å². The van der Waals surface area contributed by atoms with Crippen molar-refractivity contribution in [2.75, 3.05) is 6.54 Å². The number of ether oxygens (including phenoxy) is 1. The molecule has 0 aromatic heterocycles. The van der Waals surface area contributed by atoms with Crippen LogP contribution in [0.15, 0.2) is 30.3 Å². The van der Waals surface area contributed by atoms with E-state index in [4.69, 9.17) is 10.5 Å². The van der Waals surface area contributed by atoms with E-state index in [1.807, 2.05) is 37.3 Å². The molecule has 1 rings (SSSR count). The zero-order valence-corrected chi connectivity index (χ0v) is 11.1. The molecule has 2 amide bonds. The largest absolute Gasteiger partial charge is 0.445 e. The van der Waals surface area contributed by atoms with Crippen LogP contribution in [0.2, 0.25) is 0 Å². The average molecular weight is 264 g/mol. The summed E-state index contributed by atoms with van der Waals surface area (Å²) in [5, 5.41) is 2.66. The van der Waals surface area contributed by atoms with Gasteiger partial charge in [-0.3, -0.25) is 4.79 Å². The molecule has 5 nitrogen and oxygen atoms in total. The molecule has 0 aliphatic heterocycles. The molecule has 0 bridgehead atoms. The number of primary amides is 1. The van der Waals surface area contributed by atoms with Crippen LogP contribution in [-0.4, -0.2) is 18.5 Å². The fraction of sp³-hybridized carbons (Fsp3) is 0.429. The van der Waals surface area contributed by atoms with Gasteiger partial charge in [-0.25, -0.2) is 4.79 Å². The van der Waals surface area contributed by atoms with E-state index in [1.165, 1.54) is 0 Å². The van der Waals surface area contributed by atoms with E-state index in [-0.39, 0.29) is 18.4 Å². The molecule has 0 saturated heterocycles. The van der Waals surface area contributed by atoms with E-state index < -0.39 is 6.09 Å². The summed E-state index contributed by atoms with van der Waals surface area (Å²) < 4.78 is 5.06. The number of nitrogens with two attached hydrogens (primary N) is 1. The van der Waals surface area contributed by atoms with Gasteiger partial charge < -0.3 is 15.8 Å². The Bertz CT molecular complexity index is 406. The van der Waals surface area contributed by atoms with Crippen LogP contribution in [0.3, 0.4) is 0 Å². The van der Waals surface area contributed by atoms with Gasteiger partial charge in [-0.15, -0.1) is 0 Å². The van der Waals surface area contributed by atoms with Crippen molar-refractivity contribution >= 4 is 12.0 Å². The molecule has 0 aliphatic rings. The van der Waals surface area contributed by atoms with Crippen LogP contribution < -0.4 is 11.1 Å². The lowest BCUT2D eigenvalue weighted by Crippen LogP contribution is -2.29. The molecule has 0 unspecified atom stereocenters. The van der Waals surface area contributed by atoms with Gasteiger partial charge >= 0.3 is 6.09 Å². The lowest BCUT2D eigenvalue weighted by Gasteiger charge is -2.12. The van der Waals surface area contributed by atoms with Crippen LogP contribution in [0.1, 0.15) is 25.3 Å². The number of hydrogen-bond acceptors (Lipinski definition) is 3. The summed E-state index contributed by atoms with van der Waals surface area (Å²) in [6.07, 6.45) is 0.547. The fourth-order valence-electron chi connectivity index (χ4n) is 1.52. The summed E-state index contributed by atoms with van der Waals surface area (Å²) >= 11 is 0. The van der Waals surface area contributed by atoms with Crippen molar-refractivity contribution in [1.82, 2.24) is 5.32 Å². The first-order valence-electron chi connectivity index (χ1n) is 6.30. The molecule has 1 atom stereocenters. The van der Waals surface area contributed by atoms with Gasteiger partial charge in [0.05, 0.1) is 0 Å². The molecular formula is C14H20N2O3. The summed E-state index contributed by atoms with van der Waals surface area (Å²) in [6, 6.07) is 9.47. The highest BCUT2D eigenvalue weighted by atomic mass is 16.5. The van der Waals surface area contributed by atoms with Crippen molar-refractivity contribution in [3.63, 3.8) is 0 Å². The molecule has 0 fully saturated rings. The molecule has 5 heteroatoms. The minimum Gasteiger partial charge on any atom is -0.445 e. The van der Waals surface area contributed by atoms with Gasteiger partial charge in [-0.1, -0.05) is 37.3 Å². The Hall–Kier alpha value is -2.04. The number of carbonyl (C=O) groups excluding carboxylic acids is 2. The van der Waals surface area contributed by atoms with Gasteiger partial charge in [-0.2, -0.15) is 0 Å². The van der Waals surface area contributed by atoms with Crippen LogP contribution in [0.5, 0.6) is 0 Å². The first kappa shape index (κ1) is 15.0. The normalized spacial score (nSPS) is 11.6. The van der Waals surface area contributed by atoms with Gasteiger partial charge in [0.2, 0.25) is 5.91 Å². The Morgan fingerprint density at radius 3 is 2.63 bits per heavy atom. The highest BCUT2D eigenvalue weighted by Gasteiger charge is 2.07. The summed E-state index contributed by atoms with van der Waals surface area (Å²) in [7, 11) is 0. The van der Waals surface area contributed by atoms with Gasteiger partial charge in [-0.05, 0) is 17.9 Å². The maximum absolute atomic E-state index is 11.4. The maximum Gasteiger partial charge on any atom is 0.407 e. The Kier molecular flexibility index (Phi) is 6.43. The third-order valence-electron chi connectivity index (χ3n) is 2.69. The Morgan fingerprint density at radius 2 is 2.00 bits per heavy atom. The quantitative estimate of drug-likeness (QED) is 0.788. The molecule has 0 aliphatic carbocycles. The number of rotatable bonds is 7. The first-order chi connectivity index (χ1) is 9.08. The van der Waals surface area contributed by atoms with Gasteiger partial charge in [0.1, 0.15) is 6.61 Å². The molecule has 1 aromatic carbocycles. The second-order valence-electron chi connectivity index (χ2n) is 4.55. The second-order valence-corrected chi connectivity index (χ2v) is 4.55. The zero-order valence-electron chi connectivity index (χ0n) is 11.1. The highest BCUT2D eigenvalue weighted by Crippen LogP contribution is 2.04. The number of carbonyl (C=O) groups is 2. The number of nitrogens with one attached hydrogen (secondary N) is 1. The molecule has 0 saturated carbocycles. The van der Waals surface area contributed by atoms with Crippen molar-refractivity contribution < 1.29 is 14.3 Å². The van der Waals surface area contributed by atoms with E-state index >= 15 is 0 Å². The van der Waals surface area contributed by atoms with Crippen molar-refractivity contribution in [1.29, 1.82) is 0 Å². The maximum atomic E-state index is 11.4. The number of benzene rings is 1. The lowest BCUT2D eigenvalue weighted by atomic mass is 10.1. The van der Waals surface area contributed by atoms with Crippen molar-refractivity contribution in [3.05, 3.63) is 35.9 Å². The summed E-state index contributed by atoms with van der Waals surface area (Å²) in [6.45, 7) is 2.67. The Morgan fingerprint density at radius 1 is 1.32 bits per heavy atom. The molecule has 3 N–H and O–H groups in total. The minimum atomic E-state index is -0.449. The Labute approximate surface area is 113 Å². The molecule has 0 radical (unpaired) electrons. The molecular weight excluding hydrogens is 244 g/mol. The highest BCUT2D eigenvalue weighted by molar-refractivity contribution is 5.73. The molecule has 19 heavy (non-hydrogen) atoms.